The lowest BCUT2D eigenvalue weighted by molar-refractivity contribution is 0.0758. The summed E-state index contributed by atoms with van der Waals surface area (Å²) in [5, 5.41) is 2.75. The van der Waals surface area contributed by atoms with Gasteiger partial charge in [-0.15, -0.1) is 0 Å². The van der Waals surface area contributed by atoms with Crippen molar-refractivity contribution in [3.8, 4) is 11.1 Å². The van der Waals surface area contributed by atoms with Crippen LogP contribution in [0.15, 0.2) is 78.9 Å². The van der Waals surface area contributed by atoms with E-state index in [2.05, 4.69) is 29.6 Å². The van der Waals surface area contributed by atoms with Crippen molar-refractivity contribution in [3.05, 3.63) is 95.6 Å². The van der Waals surface area contributed by atoms with Crippen molar-refractivity contribution in [2.75, 3.05) is 32.8 Å². The highest BCUT2D eigenvalue weighted by molar-refractivity contribution is 5.94. The normalized spacial score (nSPS) is 12.0. The maximum Gasteiger partial charge on any atom is 0.407 e. The highest BCUT2D eigenvalue weighted by Crippen LogP contribution is 2.44. The van der Waals surface area contributed by atoms with Gasteiger partial charge in [-0.1, -0.05) is 66.7 Å². The molecule has 0 aromatic heterocycles. The Morgan fingerprint density at radius 3 is 2.06 bits per heavy atom. The molecule has 3 N–H and O–H groups in total. The van der Waals surface area contributed by atoms with Crippen LogP contribution in [-0.2, 0) is 4.74 Å². The van der Waals surface area contributed by atoms with Crippen molar-refractivity contribution in [3.63, 3.8) is 0 Å². The lowest BCUT2D eigenvalue weighted by Crippen LogP contribution is -2.41. The first-order valence-electron chi connectivity index (χ1n) is 10.8. The predicted molar refractivity (Wildman–Crippen MR) is 124 cm³/mol. The largest absolute Gasteiger partial charge is 0.449 e. The molecule has 0 saturated heterocycles. The third kappa shape index (κ3) is 4.65. The Morgan fingerprint density at radius 2 is 1.44 bits per heavy atom. The number of ether oxygens (including phenoxy) is 1. The summed E-state index contributed by atoms with van der Waals surface area (Å²) in [4.78, 5) is 26.6. The molecule has 3 aromatic carbocycles. The number of nitrogens with one attached hydrogen (secondary N) is 1. The first-order chi connectivity index (χ1) is 15.7. The van der Waals surface area contributed by atoms with Gasteiger partial charge in [0.2, 0.25) is 0 Å². The highest BCUT2D eigenvalue weighted by Gasteiger charge is 2.29. The molecule has 0 bridgehead atoms. The van der Waals surface area contributed by atoms with E-state index in [4.69, 9.17) is 10.5 Å². The molecule has 0 aliphatic heterocycles. The SMILES string of the molecule is NCCN(CCNC(=O)OCC1c2ccccc2-c2ccccc21)C(=O)c1ccccc1. The molecule has 0 saturated carbocycles. The summed E-state index contributed by atoms with van der Waals surface area (Å²) in [6.45, 7) is 1.67. The van der Waals surface area contributed by atoms with Crippen LogP contribution >= 0.6 is 0 Å². The van der Waals surface area contributed by atoms with Gasteiger partial charge in [0.25, 0.3) is 5.91 Å². The summed E-state index contributed by atoms with van der Waals surface area (Å²) >= 11 is 0. The third-order valence-electron chi connectivity index (χ3n) is 5.70. The van der Waals surface area contributed by atoms with Crippen LogP contribution in [-0.4, -0.2) is 49.7 Å². The second-order valence-corrected chi connectivity index (χ2v) is 7.70. The molecule has 6 heteroatoms. The quantitative estimate of drug-likeness (QED) is 0.573. The maximum absolute atomic E-state index is 12.7. The van der Waals surface area contributed by atoms with Crippen molar-refractivity contribution in [2.45, 2.75) is 5.92 Å². The Labute approximate surface area is 188 Å². The van der Waals surface area contributed by atoms with Gasteiger partial charge in [0.15, 0.2) is 0 Å². The van der Waals surface area contributed by atoms with E-state index in [1.165, 1.54) is 22.3 Å². The van der Waals surface area contributed by atoms with Crippen LogP contribution in [0, 0.1) is 0 Å². The van der Waals surface area contributed by atoms with Crippen molar-refractivity contribution in [1.29, 1.82) is 0 Å². The Kier molecular flexibility index (Phi) is 6.82. The van der Waals surface area contributed by atoms with E-state index < -0.39 is 6.09 Å². The zero-order valence-corrected chi connectivity index (χ0v) is 17.9. The summed E-state index contributed by atoms with van der Waals surface area (Å²) in [5.41, 5.74) is 11.0. The van der Waals surface area contributed by atoms with Crippen molar-refractivity contribution in [2.24, 2.45) is 5.73 Å². The second kappa shape index (κ2) is 10.1. The van der Waals surface area contributed by atoms with Crippen LogP contribution in [0.5, 0.6) is 0 Å². The molecular weight excluding hydrogens is 402 g/mol. The molecule has 1 aliphatic carbocycles. The zero-order valence-electron chi connectivity index (χ0n) is 17.9. The number of fused-ring (bicyclic) bond motifs is 3. The molecule has 0 fully saturated rings. The molecule has 0 radical (unpaired) electrons. The first kappa shape index (κ1) is 21.6. The highest BCUT2D eigenvalue weighted by atomic mass is 16.5. The second-order valence-electron chi connectivity index (χ2n) is 7.70. The monoisotopic (exact) mass is 429 g/mol. The molecule has 2 amide bonds. The summed E-state index contributed by atoms with van der Waals surface area (Å²) in [6.07, 6.45) is -0.494. The average Bonchev–Trinajstić information content (AvgIpc) is 3.16. The van der Waals surface area contributed by atoms with Gasteiger partial charge >= 0.3 is 6.09 Å². The minimum Gasteiger partial charge on any atom is -0.449 e. The summed E-state index contributed by atoms with van der Waals surface area (Å²) in [6, 6.07) is 25.5. The number of amides is 2. The fraction of sp³-hybridized carbons (Fsp3) is 0.231. The van der Waals surface area contributed by atoms with E-state index in [9.17, 15) is 9.59 Å². The van der Waals surface area contributed by atoms with Crippen LogP contribution in [0.25, 0.3) is 11.1 Å². The Hall–Kier alpha value is -3.64. The van der Waals surface area contributed by atoms with Crippen LogP contribution in [0.3, 0.4) is 0 Å². The molecule has 0 atom stereocenters. The molecule has 164 valence electrons. The lowest BCUT2D eigenvalue weighted by atomic mass is 9.98. The lowest BCUT2D eigenvalue weighted by Gasteiger charge is -2.22. The molecule has 4 rings (SSSR count). The molecule has 1 aliphatic rings. The van der Waals surface area contributed by atoms with Crippen molar-refractivity contribution >= 4 is 12.0 Å². The summed E-state index contributed by atoms with van der Waals surface area (Å²) in [7, 11) is 0. The minimum absolute atomic E-state index is 0.0153. The number of carbonyl (C=O) groups is 2. The van der Waals surface area contributed by atoms with Gasteiger partial charge in [-0.25, -0.2) is 4.79 Å². The van der Waals surface area contributed by atoms with Gasteiger partial charge < -0.3 is 20.7 Å². The van der Waals surface area contributed by atoms with E-state index in [0.717, 1.165) is 0 Å². The van der Waals surface area contributed by atoms with Crippen molar-refractivity contribution in [1.82, 2.24) is 10.2 Å². The summed E-state index contributed by atoms with van der Waals surface area (Å²) < 4.78 is 5.55. The van der Waals surface area contributed by atoms with Crippen LogP contribution in [0.2, 0.25) is 0 Å². The molecule has 0 spiro atoms. The van der Waals surface area contributed by atoms with E-state index in [1.54, 1.807) is 17.0 Å². The fourth-order valence-electron chi connectivity index (χ4n) is 4.18. The van der Waals surface area contributed by atoms with E-state index in [1.807, 2.05) is 42.5 Å². The topological polar surface area (TPSA) is 84.7 Å². The van der Waals surface area contributed by atoms with Gasteiger partial charge in [0.05, 0.1) is 0 Å². The smallest absolute Gasteiger partial charge is 0.407 e. The molecule has 32 heavy (non-hydrogen) atoms. The van der Waals surface area contributed by atoms with Crippen LogP contribution in [0.1, 0.15) is 27.4 Å². The first-order valence-corrected chi connectivity index (χ1v) is 10.8. The molecule has 0 heterocycles. The Bertz CT molecular complexity index is 1040. The summed E-state index contributed by atoms with van der Waals surface area (Å²) in [5.74, 6) is -0.0908. The molecule has 0 unspecified atom stereocenters. The van der Waals surface area contributed by atoms with E-state index in [0.29, 0.717) is 25.2 Å². The number of hydrogen-bond donors (Lipinski definition) is 2. The number of benzene rings is 3. The number of nitrogens with two attached hydrogens (primary N) is 1. The molecule has 6 nitrogen and oxygen atoms in total. The van der Waals surface area contributed by atoms with E-state index >= 15 is 0 Å². The van der Waals surface area contributed by atoms with Crippen molar-refractivity contribution < 1.29 is 14.3 Å². The molecule has 3 aromatic rings. The van der Waals surface area contributed by atoms with Crippen LogP contribution < -0.4 is 11.1 Å². The zero-order chi connectivity index (χ0) is 22.3. The van der Waals surface area contributed by atoms with Gasteiger partial charge in [-0.2, -0.15) is 0 Å². The number of nitrogens with zero attached hydrogens (tertiary/aromatic N) is 1. The van der Waals surface area contributed by atoms with E-state index in [-0.39, 0.29) is 25.0 Å². The average molecular weight is 430 g/mol. The Balaban J connectivity index is 1.31. The van der Waals surface area contributed by atoms with Gasteiger partial charge in [0, 0.05) is 37.7 Å². The molecular formula is C26H27N3O3. The fourth-order valence-corrected chi connectivity index (χ4v) is 4.18. The number of carbonyl (C=O) groups excluding carboxylic acids is 2. The maximum atomic E-state index is 12.7. The predicted octanol–water partition coefficient (Wildman–Crippen LogP) is 3.63. The van der Waals surface area contributed by atoms with Crippen LogP contribution in [0.4, 0.5) is 4.79 Å². The number of hydrogen-bond acceptors (Lipinski definition) is 4. The van der Waals surface area contributed by atoms with Gasteiger partial charge in [0.1, 0.15) is 6.61 Å². The minimum atomic E-state index is -0.494. The third-order valence-corrected chi connectivity index (χ3v) is 5.70. The number of rotatable bonds is 8. The number of alkyl carbamates (subject to hydrolysis) is 1. The standard InChI is InChI=1S/C26H27N3O3/c27-14-16-29(25(30)19-8-2-1-3-9-19)17-15-28-26(31)32-18-24-22-12-6-4-10-20(22)21-11-5-7-13-23(21)24/h1-13,24H,14-18,27H2,(H,28,31). The van der Waals surface area contributed by atoms with Gasteiger partial charge in [-0.3, -0.25) is 4.79 Å². The Morgan fingerprint density at radius 1 is 0.844 bits per heavy atom. The van der Waals surface area contributed by atoms with Gasteiger partial charge in [-0.05, 0) is 34.4 Å².